The molecule has 2 aromatic carbocycles. The Bertz CT molecular complexity index is 1620. The summed E-state index contributed by atoms with van der Waals surface area (Å²) in [6, 6.07) is 9.79. The number of ether oxygens (including phenoxy) is 1. The zero-order chi connectivity index (χ0) is 36.5. The maximum Gasteiger partial charge on any atom is 0.283 e. The Hall–Kier alpha value is -2.88. The number of nitrogens with one attached hydrogen (secondary N) is 2. The van der Waals surface area contributed by atoms with Crippen LogP contribution in [0.25, 0.3) is 0 Å². The maximum absolute atomic E-state index is 16.1. The summed E-state index contributed by atoms with van der Waals surface area (Å²) in [5.41, 5.74) is -4.11. The third-order valence-corrected chi connectivity index (χ3v) is 11.5. The van der Waals surface area contributed by atoms with Gasteiger partial charge in [-0.3, -0.25) is 14.5 Å². The molecular weight excluding hydrogens is 613 g/mol. The van der Waals surface area contributed by atoms with Gasteiger partial charge in [0.1, 0.15) is 72.7 Å². The molecule has 6 N–H and O–H groups in total. The molecule has 2 amide bonds. The van der Waals surface area contributed by atoms with Crippen LogP contribution in [0, 0.1) is 5.82 Å². The van der Waals surface area contributed by atoms with Gasteiger partial charge in [-0.1, -0.05) is 29.5 Å². The molecule has 12 nitrogen and oxygen atoms in total. The van der Waals surface area contributed by atoms with Crippen molar-refractivity contribution >= 4 is 94.4 Å². The molecule has 1 fully saturated rings. The topological polar surface area (TPSA) is 172 Å². The first-order chi connectivity index (χ1) is 21.9. The minimum Gasteiger partial charge on any atom is -0.381 e. The molecule has 0 bridgehead atoms. The molecule has 3 unspecified atom stereocenters. The number of carbonyl (C=O) groups is 3. The predicted molar refractivity (Wildman–Crippen MR) is 202 cm³/mol. The Morgan fingerprint density at radius 2 is 1.60 bits per heavy atom. The monoisotopic (exact) mass is 654 g/mol. The lowest BCUT2D eigenvalue weighted by molar-refractivity contribution is -0.475. The first-order valence-electron chi connectivity index (χ1n) is 15.9. The van der Waals surface area contributed by atoms with E-state index in [1.54, 1.807) is 69.6 Å². The van der Waals surface area contributed by atoms with E-state index in [-0.39, 0.29) is 36.7 Å². The zero-order valence-electron chi connectivity index (χ0n) is 29.4. The van der Waals surface area contributed by atoms with Gasteiger partial charge in [0.2, 0.25) is 5.91 Å². The van der Waals surface area contributed by atoms with E-state index in [4.69, 9.17) is 4.74 Å². The number of aliphatic hydroxyl groups is 4. The number of likely N-dealkylation sites (N-methyl/N-ethyl adjacent to an activating group) is 1. The Balaban J connectivity index is 1.65. The van der Waals surface area contributed by atoms with Crippen LogP contribution in [0.15, 0.2) is 36.4 Å². The van der Waals surface area contributed by atoms with E-state index in [0.29, 0.717) is 16.8 Å². The summed E-state index contributed by atoms with van der Waals surface area (Å²) in [6.07, 6.45) is 0.797. The van der Waals surface area contributed by atoms with Gasteiger partial charge in [-0.15, -0.1) is 0 Å². The van der Waals surface area contributed by atoms with Crippen molar-refractivity contribution in [1.82, 2.24) is 15.1 Å². The van der Waals surface area contributed by atoms with Crippen molar-refractivity contribution in [2.75, 3.05) is 12.4 Å². The molecule has 2 aromatic rings. The highest BCUT2D eigenvalue weighted by Crippen LogP contribution is 2.52. The number of amides is 2. The molecule has 4 rings (SSSR count). The van der Waals surface area contributed by atoms with Gasteiger partial charge in [0, 0.05) is 60.0 Å². The third kappa shape index (κ3) is 5.58. The van der Waals surface area contributed by atoms with Crippen LogP contribution in [0.2, 0.25) is 10.4 Å². The molecule has 0 aliphatic carbocycles. The van der Waals surface area contributed by atoms with Crippen molar-refractivity contribution in [3.63, 3.8) is 0 Å². The minimum absolute atomic E-state index is 0.00868. The van der Waals surface area contributed by atoms with E-state index in [9.17, 15) is 34.8 Å². The molecule has 0 saturated carbocycles. The number of hydrogen-bond donors (Lipinski definition) is 6. The maximum atomic E-state index is 16.1. The molecule has 0 radical (unpaired) electrons. The first-order valence-corrected chi connectivity index (χ1v) is 15.9. The first kappa shape index (κ1) is 37.9. The molecule has 1 saturated heterocycles. The summed E-state index contributed by atoms with van der Waals surface area (Å²) in [4.78, 5) is 42.3. The van der Waals surface area contributed by atoms with Gasteiger partial charge < -0.3 is 45.5 Å². The molecule has 246 valence electrons. The molecule has 22 heteroatoms. The van der Waals surface area contributed by atoms with E-state index in [1.807, 2.05) is 0 Å². The second kappa shape index (κ2) is 12.2. The van der Waals surface area contributed by atoms with E-state index in [2.05, 4.69) is 10.6 Å². The van der Waals surface area contributed by atoms with Gasteiger partial charge in [-0.25, -0.2) is 4.39 Å². The molecular formula is C26H40B9FN4O8. The number of benzene rings is 2. The van der Waals surface area contributed by atoms with Crippen LogP contribution in [-0.2, 0) is 34.0 Å². The fourth-order valence-corrected chi connectivity index (χ4v) is 6.69. The highest BCUT2D eigenvalue weighted by atomic mass is 19.1. The Kier molecular flexibility index (Phi) is 9.62. The van der Waals surface area contributed by atoms with E-state index < -0.39 is 50.2 Å². The fourth-order valence-electron chi connectivity index (χ4n) is 6.69. The predicted octanol–water partition coefficient (Wildman–Crippen LogP) is -9.62. The highest BCUT2D eigenvalue weighted by molar-refractivity contribution is 6.63. The number of aldehydes is 1. The average Bonchev–Trinajstić information content (AvgIpc) is 3.34. The number of halogens is 1. The quantitative estimate of drug-likeness (QED) is 0.0823. The van der Waals surface area contributed by atoms with Crippen LogP contribution < -0.4 is 10.6 Å². The summed E-state index contributed by atoms with van der Waals surface area (Å²) < 4.78 is 21.1. The van der Waals surface area contributed by atoms with Crippen molar-refractivity contribution in [2.24, 2.45) is 0 Å². The number of carbonyl (C=O) groups excluding carboxylic acids is 3. The van der Waals surface area contributed by atoms with Gasteiger partial charge in [-0.2, -0.15) is 0 Å². The summed E-state index contributed by atoms with van der Waals surface area (Å²) >= 11 is 0. The lowest BCUT2D eigenvalue weighted by Crippen LogP contribution is -2.84. The highest BCUT2D eigenvalue weighted by Gasteiger charge is 2.65. The Morgan fingerprint density at radius 3 is 2.19 bits per heavy atom. The van der Waals surface area contributed by atoms with E-state index >= 15 is 4.39 Å². The molecule has 3 atom stereocenters. The smallest absolute Gasteiger partial charge is 0.283 e. The number of anilines is 1. The van der Waals surface area contributed by atoms with E-state index in [1.165, 1.54) is 46.5 Å². The largest absolute Gasteiger partial charge is 0.381 e. The normalized spacial score (nSPS) is 25.1. The third-order valence-electron chi connectivity index (χ3n) is 11.5. The SMILES string of the molecule is BC(B)(C=O)C(B)(B)C(B)(C(=O)NC)N1Cc2c(NCc3cccc(CN4C(B)(B)C(O)(O)OC(B)(O)C4(B)O)c3F)cccc2C1=O. The minimum atomic E-state index is -2.89. The van der Waals surface area contributed by atoms with Gasteiger partial charge in [-0.05, 0) is 17.3 Å². The van der Waals surface area contributed by atoms with Crippen LogP contribution in [0.3, 0.4) is 0 Å². The van der Waals surface area contributed by atoms with Crippen molar-refractivity contribution in [2.45, 2.75) is 58.1 Å². The standard InChI is InChI=1S/C26H40B9FN4O8/c1-37-19(43)21(29,22(30,31)20(27,28)11-41)39-10-15-14(18(39)42)6-3-7-16(15)38-8-12-4-2-5-13(17(12)36)9-40-23(32,33)26(46,47)48-25(35,45)24(40,34)44/h2-7,11,38,44-47H,8-10,27-35H2,1H3,(H,37,43). The van der Waals surface area contributed by atoms with Crippen molar-refractivity contribution in [3.8, 4) is 0 Å². The molecule has 2 heterocycles. The van der Waals surface area contributed by atoms with Crippen molar-refractivity contribution in [1.29, 1.82) is 0 Å². The van der Waals surface area contributed by atoms with E-state index in [0.717, 1.165) is 14.1 Å². The number of rotatable bonds is 10. The number of hydrogen-bond acceptors (Lipinski definition) is 10. The second-order valence-corrected chi connectivity index (χ2v) is 14.9. The van der Waals surface area contributed by atoms with Crippen LogP contribution in [0.5, 0.6) is 0 Å². The van der Waals surface area contributed by atoms with Gasteiger partial charge >= 0.3 is 0 Å². The second-order valence-electron chi connectivity index (χ2n) is 14.9. The molecule has 0 aromatic heterocycles. The summed E-state index contributed by atoms with van der Waals surface area (Å²) in [5.74, 6) is -4.30. The van der Waals surface area contributed by atoms with Gasteiger partial charge in [0.25, 0.3) is 11.9 Å². The average molecular weight is 653 g/mol. The van der Waals surface area contributed by atoms with Crippen LogP contribution in [-0.4, -0.2) is 154 Å². The van der Waals surface area contributed by atoms with Crippen LogP contribution >= 0.6 is 0 Å². The van der Waals surface area contributed by atoms with Crippen LogP contribution in [0.1, 0.15) is 27.0 Å². The Labute approximate surface area is 288 Å². The summed E-state index contributed by atoms with van der Waals surface area (Å²) in [7, 11) is 15.3. The fraction of sp³-hybridized carbons (Fsp3) is 0.423. The molecule has 2 aliphatic rings. The summed E-state index contributed by atoms with van der Waals surface area (Å²) in [5, 5.41) is 45.5. The molecule has 0 spiro atoms. The zero-order valence-corrected chi connectivity index (χ0v) is 29.4. The Morgan fingerprint density at radius 1 is 1.02 bits per heavy atom. The van der Waals surface area contributed by atoms with Crippen LogP contribution in [0.4, 0.5) is 10.1 Å². The van der Waals surface area contributed by atoms with Gasteiger partial charge in [0.15, 0.2) is 21.4 Å². The lowest BCUT2D eigenvalue weighted by Gasteiger charge is -2.62. The van der Waals surface area contributed by atoms with Crippen molar-refractivity contribution in [3.05, 3.63) is 64.5 Å². The molecule has 48 heavy (non-hydrogen) atoms. The lowest BCUT2D eigenvalue weighted by atomic mass is 9.23. The summed E-state index contributed by atoms with van der Waals surface area (Å²) in [6.45, 7) is -0.268. The number of morpholine rings is 1. The number of nitrogens with zero attached hydrogens (tertiary/aromatic N) is 2. The molecule has 2 aliphatic heterocycles. The number of fused-ring (bicyclic) bond motifs is 1. The van der Waals surface area contributed by atoms with Crippen molar-refractivity contribution < 1.29 is 43.9 Å². The van der Waals surface area contributed by atoms with Gasteiger partial charge in [0.05, 0.1) is 5.44 Å².